The number of carbonyl (C=O) groups excluding carboxylic acids is 2. The summed E-state index contributed by atoms with van der Waals surface area (Å²) >= 11 is 0. The van der Waals surface area contributed by atoms with Crippen LogP contribution in [0.1, 0.15) is 42.1 Å². The van der Waals surface area contributed by atoms with E-state index in [-0.39, 0.29) is 53.5 Å². The molecule has 1 aliphatic heterocycles. The Kier molecular flexibility index (Phi) is 8.57. The van der Waals surface area contributed by atoms with Crippen LogP contribution in [0, 0.1) is 5.82 Å². The number of nitrogens with two attached hydrogens (primary N) is 1. The smallest absolute Gasteiger partial charge is 0.302 e. The van der Waals surface area contributed by atoms with Gasteiger partial charge in [-0.25, -0.2) is 22.1 Å². The number of piperidine rings is 1. The zero-order valence-electron chi connectivity index (χ0n) is 19.5. The van der Waals surface area contributed by atoms with Gasteiger partial charge in [-0.1, -0.05) is 0 Å². The van der Waals surface area contributed by atoms with Crippen molar-refractivity contribution in [3.63, 3.8) is 0 Å². The molecular weight excluding hydrogens is 481 g/mol. The Balaban J connectivity index is 1.58. The normalized spacial score (nSPS) is 14.9. The molecule has 0 aliphatic carbocycles. The third-order valence-corrected chi connectivity index (χ3v) is 7.46. The highest BCUT2D eigenvalue weighted by Crippen LogP contribution is 2.25. The first-order valence-corrected chi connectivity index (χ1v) is 12.6. The number of benzene rings is 1. The number of anilines is 2. The molecule has 2 aromatic rings. The summed E-state index contributed by atoms with van der Waals surface area (Å²) < 4.78 is 50.0. The Hall–Kier alpha value is -3.32. The van der Waals surface area contributed by atoms with Crippen LogP contribution in [0.15, 0.2) is 24.4 Å². The molecule has 1 fully saturated rings. The van der Waals surface area contributed by atoms with Crippen LogP contribution < -0.4 is 15.8 Å². The molecule has 0 amide bonds. The summed E-state index contributed by atoms with van der Waals surface area (Å²) in [5.74, 6) is -1.37. The summed E-state index contributed by atoms with van der Waals surface area (Å²) in [6.07, 6.45) is 2.54. The van der Waals surface area contributed by atoms with Crippen molar-refractivity contribution < 1.29 is 31.9 Å². The molecule has 1 saturated heterocycles. The minimum Gasteiger partial charge on any atom is -0.496 e. The van der Waals surface area contributed by atoms with Crippen molar-refractivity contribution in [2.45, 2.75) is 32.2 Å². The van der Waals surface area contributed by atoms with Crippen LogP contribution in [-0.2, 0) is 19.6 Å². The van der Waals surface area contributed by atoms with Gasteiger partial charge in [0, 0.05) is 32.3 Å². The predicted molar refractivity (Wildman–Crippen MR) is 126 cm³/mol. The van der Waals surface area contributed by atoms with E-state index in [0.717, 1.165) is 6.07 Å². The van der Waals surface area contributed by atoms with Crippen LogP contribution in [0.3, 0.4) is 0 Å². The van der Waals surface area contributed by atoms with Crippen molar-refractivity contribution in [3.8, 4) is 5.75 Å². The van der Waals surface area contributed by atoms with Gasteiger partial charge in [-0.15, -0.1) is 0 Å². The van der Waals surface area contributed by atoms with E-state index in [1.165, 1.54) is 36.7 Å². The van der Waals surface area contributed by atoms with Crippen LogP contribution in [0.2, 0.25) is 0 Å². The van der Waals surface area contributed by atoms with E-state index in [1.54, 1.807) is 0 Å². The lowest BCUT2D eigenvalue weighted by Crippen LogP contribution is -2.43. The highest BCUT2D eigenvalue weighted by atomic mass is 32.2. The molecule has 0 radical (unpaired) electrons. The van der Waals surface area contributed by atoms with Crippen molar-refractivity contribution in [2.75, 3.05) is 43.6 Å². The molecule has 11 nitrogen and oxygen atoms in total. The van der Waals surface area contributed by atoms with Gasteiger partial charge in [0.15, 0.2) is 0 Å². The van der Waals surface area contributed by atoms with Crippen molar-refractivity contribution in [2.24, 2.45) is 0 Å². The molecule has 190 valence electrons. The highest BCUT2D eigenvalue weighted by molar-refractivity contribution is 7.89. The highest BCUT2D eigenvalue weighted by Gasteiger charge is 2.28. The molecule has 3 N–H and O–H groups in total. The van der Waals surface area contributed by atoms with Crippen molar-refractivity contribution in [1.82, 2.24) is 14.3 Å². The van der Waals surface area contributed by atoms with Crippen LogP contribution in [0.25, 0.3) is 0 Å². The fourth-order valence-electron chi connectivity index (χ4n) is 3.69. The molecule has 35 heavy (non-hydrogen) atoms. The minimum atomic E-state index is -3.45. The van der Waals surface area contributed by atoms with Gasteiger partial charge in [-0.2, -0.15) is 4.98 Å². The standard InChI is InChI=1S/C22H28FN5O6S/c1-14(29)34-10-3-11-35(31,32)28-8-6-16(7-9-28)26-22-25-13-18(21(24)27-22)20(30)17-12-15(23)4-5-19(17)33-2/h4-5,12-13,16H,3,6-11H2,1-2H3,(H3,24,25,26,27). The van der Waals surface area contributed by atoms with E-state index in [9.17, 15) is 22.4 Å². The van der Waals surface area contributed by atoms with Crippen LogP contribution >= 0.6 is 0 Å². The van der Waals surface area contributed by atoms with Gasteiger partial charge in [-0.05, 0) is 37.5 Å². The predicted octanol–water partition coefficient (Wildman–Crippen LogP) is 1.60. The number of rotatable bonds is 10. The molecule has 2 heterocycles. The lowest BCUT2D eigenvalue weighted by atomic mass is 10.0. The van der Waals surface area contributed by atoms with Gasteiger partial charge in [0.1, 0.15) is 17.4 Å². The minimum absolute atomic E-state index is 0.00458. The average Bonchev–Trinajstić information content (AvgIpc) is 2.82. The van der Waals surface area contributed by atoms with Gasteiger partial charge in [0.2, 0.25) is 21.8 Å². The maximum absolute atomic E-state index is 13.7. The molecular formula is C22H28FN5O6S. The average molecular weight is 510 g/mol. The number of nitrogens with zero attached hydrogens (tertiary/aromatic N) is 3. The number of hydrogen-bond donors (Lipinski definition) is 2. The monoisotopic (exact) mass is 509 g/mol. The van der Waals surface area contributed by atoms with E-state index in [2.05, 4.69) is 15.3 Å². The third kappa shape index (κ3) is 6.85. The zero-order chi connectivity index (χ0) is 25.6. The summed E-state index contributed by atoms with van der Waals surface area (Å²) in [7, 11) is -2.07. The second-order valence-electron chi connectivity index (χ2n) is 7.99. The summed E-state index contributed by atoms with van der Waals surface area (Å²) in [5.41, 5.74) is 6.00. The second-order valence-corrected chi connectivity index (χ2v) is 10.1. The quantitative estimate of drug-likeness (QED) is 0.274. The van der Waals surface area contributed by atoms with Crippen molar-refractivity contribution >= 4 is 33.5 Å². The Morgan fingerprint density at radius 1 is 1.26 bits per heavy atom. The summed E-state index contributed by atoms with van der Waals surface area (Å²) in [6, 6.07) is 3.50. The molecule has 13 heteroatoms. The molecule has 0 saturated carbocycles. The molecule has 1 aromatic heterocycles. The molecule has 1 aliphatic rings. The Morgan fingerprint density at radius 3 is 2.60 bits per heavy atom. The summed E-state index contributed by atoms with van der Waals surface area (Å²) in [5, 5.41) is 3.12. The van der Waals surface area contributed by atoms with Gasteiger partial charge in [-0.3, -0.25) is 9.59 Å². The number of methoxy groups -OCH3 is 1. The Labute approximate surface area is 202 Å². The first-order chi connectivity index (χ1) is 16.6. The molecule has 1 aromatic carbocycles. The van der Waals surface area contributed by atoms with Crippen molar-refractivity contribution in [3.05, 3.63) is 41.3 Å². The van der Waals surface area contributed by atoms with Gasteiger partial charge >= 0.3 is 5.97 Å². The van der Waals surface area contributed by atoms with E-state index in [0.29, 0.717) is 25.9 Å². The number of nitrogens with one attached hydrogen (secondary N) is 1. The van der Waals surface area contributed by atoms with E-state index in [1.807, 2.05) is 0 Å². The lowest BCUT2D eigenvalue weighted by molar-refractivity contribution is -0.140. The van der Waals surface area contributed by atoms with Gasteiger partial charge in [0.25, 0.3) is 0 Å². The van der Waals surface area contributed by atoms with Crippen LogP contribution in [0.4, 0.5) is 16.2 Å². The maximum atomic E-state index is 13.7. The second kappa shape index (κ2) is 11.4. The fourth-order valence-corrected chi connectivity index (χ4v) is 5.20. The number of nitrogen functional groups attached to an aromatic ring is 1. The number of aromatic nitrogens is 2. The molecule has 3 rings (SSSR count). The number of carbonyl (C=O) groups is 2. The third-order valence-electron chi connectivity index (χ3n) is 5.50. The number of halogens is 1. The number of ether oxygens (including phenoxy) is 2. The number of hydrogen-bond acceptors (Lipinski definition) is 10. The van der Waals surface area contributed by atoms with Gasteiger partial charge < -0.3 is 20.5 Å². The molecule has 0 unspecified atom stereocenters. The topological polar surface area (TPSA) is 154 Å². The number of esters is 1. The SMILES string of the molecule is COc1ccc(F)cc1C(=O)c1cnc(NC2CCN(S(=O)(=O)CCCOC(C)=O)CC2)nc1N. The maximum Gasteiger partial charge on any atom is 0.302 e. The fraction of sp³-hybridized carbons (Fsp3) is 0.455. The summed E-state index contributed by atoms with van der Waals surface area (Å²) in [6.45, 7) is 1.98. The first kappa shape index (κ1) is 26.3. The first-order valence-electron chi connectivity index (χ1n) is 11.0. The Bertz CT molecular complexity index is 1180. The molecule has 0 bridgehead atoms. The zero-order valence-corrected chi connectivity index (χ0v) is 20.3. The van der Waals surface area contributed by atoms with E-state index < -0.39 is 27.6 Å². The lowest BCUT2D eigenvalue weighted by Gasteiger charge is -2.31. The van der Waals surface area contributed by atoms with E-state index in [4.69, 9.17) is 15.2 Å². The van der Waals surface area contributed by atoms with E-state index >= 15 is 0 Å². The van der Waals surface area contributed by atoms with Gasteiger partial charge in [0.05, 0.1) is 30.6 Å². The van der Waals surface area contributed by atoms with Crippen LogP contribution in [0.5, 0.6) is 5.75 Å². The Morgan fingerprint density at radius 2 is 1.97 bits per heavy atom. The summed E-state index contributed by atoms with van der Waals surface area (Å²) in [4.78, 5) is 31.9. The van der Waals surface area contributed by atoms with Crippen LogP contribution in [-0.4, -0.2) is 73.0 Å². The number of sulfonamides is 1. The molecule has 0 spiro atoms. The molecule has 0 atom stereocenters. The largest absolute Gasteiger partial charge is 0.496 e. The van der Waals surface area contributed by atoms with Crippen molar-refractivity contribution in [1.29, 1.82) is 0 Å². The number of ketones is 1.